The largest absolute Gasteiger partial charge is 0.678 e. The van der Waals surface area contributed by atoms with Crippen molar-refractivity contribution in [3.63, 3.8) is 0 Å². The predicted octanol–water partition coefficient (Wildman–Crippen LogP) is 36.2. The summed E-state index contributed by atoms with van der Waals surface area (Å²) in [6, 6.07) is 67.8. The van der Waals surface area contributed by atoms with E-state index in [9.17, 15) is 43.2 Å². The minimum absolute atomic E-state index is 0.497. The number of aryl methyl sites for hydroxylation is 10. The van der Waals surface area contributed by atoms with Crippen LogP contribution in [0.4, 0.5) is 43.2 Å². The van der Waals surface area contributed by atoms with Gasteiger partial charge >= 0.3 is 37.0 Å². The van der Waals surface area contributed by atoms with Gasteiger partial charge in [-0.3, -0.25) is 68.1 Å². The molecule has 760 valence electrons. The lowest BCUT2D eigenvalue weighted by molar-refractivity contribution is 0.629. The Hall–Kier alpha value is -14.7. The fourth-order valence-corrected chi connectivity index (χ4v) is 22.4. The van der Waals surface area contributed by atoms with Crippen LogP contribution in [-0.2, 0) is 0 Å². The fraction of sp³-hybridized carbons (Fsp3) is 0.240. The van der Waals surface area contributed by atoms with E-state index in [4.69, 9.17) is 9.98 Å². The summed E-state index contributed by atoms with van der Waals surface area (Å²) in [5, 5.41) is 8.25. The first-order chi connectivity index (χ1) is 71.6. The Bertz CT molecular complexity index is 8430. The van der Waals surface area contributed by atoms with E-state index in [1.165, 1.54) is 32.3 Å². The molecule has 0 fully saturated rings. The van der Waals surface area contributed by atoms with Crippen LogP contribution in [0.15, 0.2) is 322 Å². The van der Waals surface area contributed by atoms with Gasteiger partial charge in [0.1, 0.15) is 0 Å². The molecule has 0 N–H and O–H groups in total. The fourth-order valence-electron chi connectivity index (χ4n) is 22.4. The molecular weight excluding hydrogens is 1890 g/mol. The number of halogens is 10. The van der Waals surface area contributed by atoms with E-state index in [1.54, 1.807) is 0 Å². The van der Waals surface area contributed by atoms with Crippen LogP contribution in [0.1, 0.15) is 220 Å². The van der Waals surface area contributed by atoms with Crippen molar-refractivity contribution in [3.05, 3.63) is 381 Å². The van der Waals surface area contributed by atoms with E-state index in [0.717, 1.165) is 272 Å². The monoisotopic (exact) mass is 2010 g/mol. The van der Waals surface area contributed by atoms with Crippen LogP contribution in [-0.4, -0.2) is 88.0 Å². The molecule has 0 unspecified atom stereocenters. The van der Waals surface area contributed by atoms with Gasteiger partial charge in [0.05, 0.1) is 28.5 Å². The van der Waals surface area contributed by atoms with E-state index in [2.05, 4.69) is 61.7 Å². The number of nitrogens with zero attached hydrogens (tertiary/aromatic N) is 10. The average molecular weight is 2010 g/mol. The molecule has 0 aliphatic carbocycles. The van der Waals surface area contributed by atoms with Gasteiger partial charge in [0, 0.05) is 145 Å². The van der Waals surface area contributed by atoms with Gasteiger partial charge in [0.2, 0.25) is 0 Å². The Morgan fingerprint density at radius 3 is 0.767 bits per heavy atom. The van der Waals surface area contributed by atoms with Crippen LogP contribution in [0.25, 0.3) is 141 Å². The Morgan fingerprint density at radius 2 is 0.453 bits per heavy atom. The van der Waals surface area contributed by atoms with Gasteiger partial charge in [-0.15, -0.1) is 0 Å². The van der Waals surface area contributed by atoms with E-state index in [0.29, 0.717) is 56.9 Å². The lowest BCUT2D eigenvalue weighted by Crippen LogP contribution is -2.16. The molecular formula is C125H125B5F10N10. The van der Waals surface area contributed by atoms with Gasteiger partial charge in [0.15, 0.2) is 0 Å². The number of aliphatic imine (C=N–C) groups is 5. The second kappa shape index (κ2) is 45.0. The molecule has 25 heteroatoms. The second-order valence-corrected chi connectivity index (χ2v) is 39.7. The van der Waals surface area contributed by atoms with Crippen LogP contribution < -0.4 is 0 Å². The van der Waals surface area contributed by atoms with Crippen molar-refractivity contribution in [2.24, 2.45) is 25.0 Å². The SMILES string of the molecule is CCC1=C(C)/C(=C/c2c3cc(C)c(C)cc3c(-c3ccccc3)n2B(F)F)N=C1C.CCC1=C(C)/C(=C/c2c3cc(C)ccc3c(-c3ccc(C)cc3)n2B(F)F)N=C1C.CCC1=C(C)/C(=C/c2c3cc(C)ccc3c(-c3ccccc3)n2B(F)F)N=C1C.CCC1=C(C)/C(=C/c2c3ccccc3c(-c3c(C)cc(C)cc3C)n2B(F)F)N=C1C.CCC1=C(C)/C(=C/c2c3ccccc3c(-c3ccc(C)c(C)c3)n2B(F)F)N=C1C. The third kappa shape index (κ3) is 20.9. The Kier molecular flexibility index (Phi) is 32.4. The second-order valence-electron chi connectivity index (χ2n) is 39.7. The van der Waals surface area contributed by atoms with Gasteiger partial charge < -0.3 is 22.4 Å². The van der Waals surface area contributed by atoms with Gasteiger partial charge in [-0.25, -0.2) is 0 Å². The molecule has 0 amide bonds. The molecule has 0 bridgehead atoms. The van der Waals surface area contributed by atoms with Crippen LogP contribution >= 0.6 is 0 Å². The van der Waals surface area contributed by atoms with Crippen molar-refractivity contribution >= 4 is 150 Å². The summed E-state index contributed by atoms with van der Waals surface area (Å²) in [6.45, 7) is 50.6. The zero-order chi connectivity index (χ0) is 108. The maximum Gasteiger partial charge on any atom is 0.678 e. The Morgan fingerprint density at radius 1 is 0.207 bits per heavy atom. The summed E-state index contributed by atoms with van der Waals surface area (Å²) in [6.07, 6.45) is 13.5. The van der Waals surface area contributed by atoms with Crippen molar-refractivity contribution in [1.29, 1.82) is 0 Å². The molecule has 10 heterocycles. The summed E-state index contributed by atoms with van der Waals surface area (Å²) in [7, 11) is -13.3. The third-order valence-corrected chi connectivity index (χ3v) is 30.0. The topological polar surface area (TPSA) is 86.5 Å². The quantitative estimate of drug-likeness (QED) is 0.0538. The van der Waals surface area contributed by atoms with Crippen LogP contribution in [0.2, 0.25) is 0 Å². The molecule has 5 aromatic heterocycles. The molecule has 0 spiro atoms. The number of allylic oxidation sites excluding steroid dienone is 10. The molecule has 0 saturated heterocycles. The van der Waals surface area contributed by atoms with E-state index in [-0.39, 0.29) is 0 Å². The molecule has 5 aliphatic heterocycles. The molecule has 0 atom stereocenters. The van der Waals surface area contributed by atoms with Crippen LogP contribution in [0.3, 0.4) is 0 Å². The van der Waals surface area contributed by atoms with Gasteiger partial charge in [-0.1, -0.05) is 239 Å². The van der Waals surface area contributed by atoms with Crippen molar-refractivity contribution in [2.45, 2.75) is 205 Å². The summed E-state index contributed by atoms with van der Waals surface area (Å²) in [4.78, 5) is 23.4. The highest BCUT2D eigenvalue weighted by Gasteiger charge is 2.37. The van der Waals surface area contributed by atoms with Crippen molar-refractivity contribution < 1.29 is 43.2 Å². The summed E-state index contributed by atoms with van der Waals surface area (Å²) in [5.74, 6) is 0. The molecule has 0 radical (unpaired) electrons. The highest BCUT2D eigenvalue weighted by Crippen LogP contribution is 2.48. The number of rotatable bonds is 20. The predicted molar refractivity (Wildman–Crippen MR) is 621 cm³/mol. The van der Waals surface area contributed by atoms with Crippen molar-refractivity contribution in [1.82, 2.24) is 22.4 Å². The van der Waals surface area contributed by atoms with Gasteiger partial charge in [-0.2, -0.15) is 0 Å². The molecule has 10 nitrogen and oxygen atoms in total. The number of fused-ring (bicyclic) bond motifs is 5. The zero-order valence-electron chi connectivity index (χ0n) is 90.3. The molecule has 0 saturated carbocycles. The van der Waals surface area contributed by atoms with Crippen molar-refractivity contribution in [3.8, 4) is 56.3 Å². The van der Waals surface area contributed by atoms with Crippen LogP contribution in [0, 0.1) is 69.2 Å². The first-order valence-corrected chi connectivity index (χ1v) is 51.5. The minimum atomic E-state index is -2.67. The molecule has 5 aliphatic rings. The molecule has 10 aromatic carbocycles. The van der Waals surface area contributed by atoms with E-state index >= 15 is 0 Å². The normalized spacial score (nSPS) is 15.4. The maximum absolute atomic E-state index is 14.6. The third-order valence-electron chi connectivity index (χ3n) is 30.0. The van der Waals surface area contributed by atoms with E-state index in [1.807, 2.05) is 369 Å². The molecule has 150 heavy (non-hydrogen) atoms. The molecule has 20 rings (SSSR count). The number of hydrogen-bond donors (Lipinski definition) is 0. The van der Waals surface area contributed by atoms with Gasteiger partial charge in [-0.05, 0) is 343 Å². The number of hydrogen-bond acceptors (Lipinski definition) is 5. The Labute approximate surface area is 876 Å². The highest BCUT2D eigenvalue weighted by atomic mass is 19.3. The first-order valence-electron chi connectivity index (χ1n) is 51.5. The summed E-state index contributed by atoms with van der Waals surface area (Å²) in [5.41, 5.74) is 39.9. The maximum atomic E-state index is 14.6. The summed E-state index contributed by atoms with van der Waals surface area (Å²) < 4.78 is 151. The number of benzene rings is 10. The standard InChI is InChI=1S/C26H27BF2N2.3C25H25BF2N2.C24H23BF2N2/c1-7-20-18(5)23(30-19(20)6)14-24-21-10-8-9-11-22(21)26(31(24)27(28)29)25-16(3)12-15(2)13-17(25)4;1-6-20-17(4)23(29-18(20)5)14-24-22-13-16(3)9-12-21(22)25(30(24)26(27)28)19-10-7-15(2)8-11-19;1-6-20-17(4)23(29-18(20)5)14-24-21-9-7-8-10-22(21)25(30(24)26(27)28)19-12-11-15(2)16(3)13-19;1-6-20-17(4)23(29-18(20)5)14-24-21-12-15(2)16(3)13-22(21)25(30(24)26(27)28)19-10-8-7-9-11-19;1-5-19-16(3)22(28-17(19)4)14-23-21-13-15(2)11-12-20(21)24(29(23)25(26)27)18-9-7-6-8-10-18/h8-14H,7H2,1-6H3;3*7-14H,6H2,1-5H3;6-14H,5H2,1-4H3/b4*23-14-;22-14-. The van der Waals surface area contributed by atoms with E-state index < -0.39 is 37.0 Å². The zero-order valence-corrected chi connectivity index (χ0v) is 90.3. The number of aromatic nitrogens is 5. The smallest absolute Gasteiger partial charge is 0.324 e. The highest BCUT2D eigenvalue weighted by molar-refractivity contribution is 6.46. The summed E-state index contributed by atoms with van der Waals surface area (Å²) >= 11 is 0. The lowest BCUT2D eigenvalue weighted by Gasteiger charge is -2.15. The first kappa shape index (κ1) is 108. The minimum Gasteiger partial charge on any atom is -0.324 e. The lowest BCUT2D eigenvalue weighted by atomic mass is 9.94. The average Bonchev–Trinajstić information content (AvgIpc) is 1.56. The Balaban J connectivity index is 0.000000133. The van der Waals surface area contributed by atoms with Crippen LogP contribution in [0.5, 0.6) is 0 Å². The van der Waals surface area contributed by atoms with Crippen molar-refractivity contribution in [2.75, 3.05) is 0 Å². The van der Waals surface area contributed by atoms with Gasteiger partial charge in [0.25, 0.3) is 0 Å². The molecule has 15 aromatic rings.